The van der Waals surface area contributed by atoms with Gasteiger partial charge in [-0.05, 0) is 98.5 Å². The predicted molar refractivity (Wildman–Crippen MR) is 150 cm³/mol. The molecule has 0 bridgehead atoms. The van der Waals surface area contributed by atoms with Crippen LogP contribution in [0.3, 0.4) is 0 Å². The monoisotopic (exact) mass is 490 g/mol. The number of benzene rings is 2. The Balaban J connectivity index is 1.72. The SMILES string of the molecule is CN=C(C(O)c1ccc2c(ccn2C)c1)N(c1ccc(O)c(CCC(C)NC)c1)C1CCCC(C)C1. The number of anilines is 1. The van der Waals surface area contributed by atoms with E-state index in [1.54, 1.807) is 13.1 Å². The number of aromatic hydroxyl groups is 1. The van der Waals surface area contributed by atoms with E-state index in [-0.39, 0.29) is 6.04 Å². The van der Waals surface area contributed by atoms with Gasteiger partial charge in [0.1, 0.15) is 17.7 Å². The summed E-state index contributed by atoms with van der Waals surface area (Å²) in [5, 5.41) is 26.7. The van der Waals surface area contributed by atoms with Crippen LogP contribution in [-0.2, 0) is 13.5 Å². The van der Waals surface area contributed by atoms with E-state index in [9.17, 15) is 10.2 Å². The lowest BCUT2D eigenvalue weighted by Gasteiger charge is -2.40. The number of rotatable bonds is 8. The average molecular weight is 491 g/mol. The summed E-state index contributed by atoms with van der Waals surface area (Å²) in [6.45, 7) is 4.46. The predicted octanol–water partition coefficient (Wildman–Crippen LogP) is 5.57. The molecule has 1 aromatic heterocycles. The number of amidine groups is 1. The standard InChI is InChI=1S/C30H42N4O2/c1-20-7-6-8-25(17-20)34(26-12-14-28(35)23(19-26)10-9-21(2)31-3)30(32-4)29(36)24-11-13-27-22(18-24)15-16-33(27)5/h11-16,18-21,25,29,31,35-36H,6-10,17H2,1-5H3. The van der Waals surface area contributed by atoms with Crippen LogP contribution in [0.25, 0.3) is 10.9 Å². The highest BCUT2D eigenvalue weighted by molar-refractivity contribution is 6.02. The third kappa shape index (κ3) is 5.60. The lowest BCUT2D eigenvalue weighted by Crippen LogP contribution is -2.45. The Morgan fingerprint density at radius 2 is 2.00 bits per heavy atom. The molecule has 4 rings (SSSR count). The summed E-state index contributed by atoms with van der Waals surface area (Å²) in [4.78, 5) is 6.93. The van der Waals surface area contributed by atoms with Crippen molar-refractivity contribution in [3.63, 3.8) is 0 Å². The molecule has 4 unspecified atom stereocenters. The highest BCUT2D eigenvalue weighted by atomic mass is 16.3. The van der Waals surface area contributed by atoms with Crippen LogP contribution in [0.1, 0.15) is 63.2 Å². The number of aliphatic hydroxyl groups is 1. The minimum atomic E-state index is -0.849. The van der Waals surface area contributed by atoms with E-state index in [0.29, 0.717) is 23.5 Å². The Morgan fingerprint density at radius 1 is 1.19 bits per heavy atom. The fraction of sp³-hybridized carbons (Fsp3) is 0.500. The fourth-order valence-electron chi connectivity index (χ4n) is 5.59. The highest BCUT2D eigenvalue weighted by Gasteiger charge is 2.32. The summed E-state index contributed by atoms with van der Waals surface area (Å²) in [7, 11) is 5.77. The van der Waals surface area contributed by atoms with E-state index in [2.05, 4.69) is 57.9 Å². The molecule has 0 saturated heterocycles. The van der Waals surface area contributed by atoms with Gasteiger partial charge in [0.15, 0.2) is 0 Å². The van der Waals surface area contributed by atoms with Crippen LogP contribution in [-0.4, -0.2) is 46.8 Å². The number of nitrogens with zero attached hydrogens (tertiary/aromatic N) is 3. The van der Waals surface area contributed by atoms with E-state index in [4.69, 9.17) is 0 Å². The molecule has 1 aliphatic rings. The molecule has 1 aliphatic carbocycles. The lowest BCUT2D eigenvalue weighted by molar-refractivity contribution is 0.241. The van der Waals surface area contributed by atoms with E-state index >= 15 is 0 Å². The third-order valence-electron chi connectivity index (χ3n) is 7.90. The van der Waals surface area contributed by atoms with Crippen molar-refractivity contribution in [2.45, 2.75) is 70.6 Å². The zero-order chi connectivity index (χ0) is 25.8. The second-order valence-electron chi connectivity index (χ2n) is 10.6. The van der Waals surface area contributed by atoms with E-state index in [1.165, 1.54) is 6.42 Å². The molecule has 6 nitrogen and oxygen atoms in total. The summed E-state index contributed by atoms with van der Waals surface area (Å²) in [6.07, 6.45) is 7.41. The van der Waals surface area contributed by atoms with Crippen molar-refractivity contribution >= 4 is 22.4 Å². The fourth-order valence-corrected chi connectivity index (χ4v) is 5.59. The maximum absolute atomic E-state index is 11.7. The maximum Gasteiger partial charge on any atom is 0.137 e. The van der Waals surface area contributed by atoms with Gasteiger partial charge in [0.05, 0.1) is 0 Å². The van der Waals surface area contributed by atoms with Crippen molar-refractivity contribution in [2.75, 3.05) is 19.0 Å². The molecule has 36 heavy (non-hydrogen) atoms. The number of hydrogen-bond acceptors (Lipinski definition) is 4. The second-order valence-corrected chi connectivity index (χ2v) is 10.6. The first kappa shape index (κ1) is 26.2. The van der Waals surface area contributed by atoms with Crippen LogP contribution in [0.5, 0.6) is 5.75 Å². The molecule has 0 aliphatic heterocycles. The van der Waals surface area contributed by atoms with Crippen molar-refractivity contribution in [3.8, 4) is 5.75 Å². The molecule has 6 heteroatoms. The lowest BCUT2D eigenvalue weighted by atomic mass is 9.85. The summed E-state index contributed by atoms with van der Waals surface area (Å²) in [6, 6.07) is 14.7. The number of nitrogens with one attached hydrogen (secondary N) is 1. The van der Waals surface area contributed by atoms with Crippen LogP contribution in [0.15, 0.2) is 53.7 Å². The summed E-state index contributed by atoms with van der Waals surface area (Å²) < 4.78 is 2.09. The van der Waals surface area contributed by atoms with Crippen LogP contribution < -0.4 is 10.2 Å². The third-order valence-corrected chi connectivity index (χ3v) is 7.90. The molecule has 1 saturated carbocycles. The molecule has 1 fully saturated rings. The number of phenolic OH excluding ortho intramolecular Hbond substituents is 1. The zero-order valence-corrected chi connectivity index (χ0v) is 22.4. The first-order valence-electron chi connectivity index (χ1n) is 13.3. The van der Waals surface area contributed by atoms with Gasteiger partial charge in [-0.2, -0.15) is 0 Å². The molecule has 0 spiro atoms. The Bertz CT molecular complexity index is 1200. The number of phenols is 1. The topological polar surface area (TPSA) is 73.0 Å². The van der Waals surface area contributed by atoms with E-state index < -0.39 is 6.10 Å². The van der Waals surface area contributed by atoms with Crippen molar-refractivity contribution in [1.29, 1.82) is 0 Å². The Labute approximate surface area is 215 Å². The molecule has 1 heterocycles. The largest absolute Gasteiger partial charge is 0.508 e. The molecule has 3 N–H and O–H groups in total. The van der Waals surface area contributed by atoms with Gasteiger partial charge in [-0.3, -0.25) is 4.99 Å². The number of aryl methyl sites for hydroxylation is 2. The van der Waals surface area contributed by atoms with Gasteiger partial charge in [0.25, 0.3) is 0 Å². The number of fused-ring (bicyclic) bond motifs is 1. The molecule has 0 amide bonds. The van der Waals surface area contributed by atoms with Crippen LogP contribution in [0.2, 0.25) is 0 Å². The van der Waals surface area contributed by atoms with Crippen molar-refractivity contribution < 1.29 is 10.2 Å². The minimum Gasteiger partial charge on any atom is -0.508 e. The van der Waals surface area contributed by atoms with Crippen LogP contribution >= 0.6 is 0 Å². The molecule has 2 aromatic carbocycles. The smallest absolute Gasteiger partial charge is 0.137 e. The normalized spacial score (nSPS) is 20.4. The molecule has 194 valence electrons. The van der Waals surface area contributed by atoms with Crippen LogP contribution in [0, 0.1) is 5.92 Å². The molecule has 0 radical (unpaired) electrons. The summed E-state index contributed by atoms with van der Waals surface area (Å²) >= 11 is 0. The van der Waals surface area contributed by atoms with Gasteiger partial charge in [0, 0.05) is 43.6 Å². The van der Waals surface area contributed by atoms with Gasteiger partial charge in [0.2, 0.25) is 0 Å². The van der Waals surface area contributed by atoms with E-state index in [0.717, 1.165) is 59.8 Å². The van der Waals surface area contributed by atoms with Gasteiger partial charge in [-0.1, -0.05) is 25.8 Å². The van der Waals surface area contributed by atoms with Crippen molar-refractivity contribution in [1.82, 2.24) is 9.88 Å². The maximum atomic E-state index is 11.7. The zero-order valence-electron chi connectivity index (χ0n) is 22.4. The minimum absolute atomic E-state index is 0.246. The van der Waals surface area contributed by atoms with Gasteiger partial charge >= 0.3 is 0 Å². The van der Waals surface area contributed by atoms with E-state index in [1.807, 2.05) is 32.4 Å². The average Bonchev–Trinajstić information content (AvgIpc) is 3.26. The van der Waals surface area contributed by atoms with Gasteiger partial charge in [-0.15, -0.1) is 0 Å². The Kier molecular flexibility index (Phi) is 8.37. The molecule has 3 aromatic rings. The van der Waals surface area contributed by atoms with Crippen molar-refractivity contribution in [2.24, 2.45) is 18.0 Å². The quantitative estimate of drug-likeness (QED) is 0.285. The second kappa shape index (κ2) is 11.5. The summed E-state index contributed by atoms with van der Waals surface area (Å²) in [5.41, 5.74) is 3.89. The number of aliphatic imine (C=N–C) groups is 1. The van der Waals surface area contributed by atoms with Crippen molar-refractivity contribution in [3.05, 3.63) is 59.8 Å². The number of aliphatic hydroxyl groups excluding tert-OH is 1. The summed E-state index contributed by atoms with van der Waals surface area (Å²) in [5.74, 6) is 1.60. The molecular weight excluding hydrogens is 448 g/mol. The Hall–Kier alpha value is -2.83. The Morgan fingerprint density at radius 3 is 2.72 bits per heavy atom. The van der Waals surface area contributed by atoms with Gasteiger partial charge in [-0.25, -0.2) is 0 Å². The highest BCUT2D eigenvalue weighted by Crippen LogP contribution is 2.36. The van der Waals surface area contributed by atoms with Gasteiger partial charge < -0.3 is 25.0 Å². The number of hydrogen-bond donors (Lipinski definition) is 3. The first-order chi connectivity index (χ1) is 17.3. The first-order valence-corrected chi connectivity index (χ1v) is 13.3. The molecule has 4 atom stereocenters. The molecular formula is C30H42N4O2. The van der Waals surface area contributed by atoms with Crippen LogP contribution in [0.4, 0.5) is 5.69 Å². The number of aromatic nitrogens is 1.